The Kier molecular flexibility index (Phi) is 6.07. The lowest BCUT2D eigenvalue weighted by atomic mass is 10.1. The second-order valence-electron chi connectivity index (χ2n) is 3.44. The SMILES string of the molecule is CCNC(=S)N(C)CCC(C)C. The van der Waals surface area contributed by atoms with Crippen molar-refractivity contribution < 1.29 is 0 Å². The molecular formula is C9H20N2S. The number of nitrogens with zero attached hydrogens (tertiary/aromatic N) is 1. The van der Waals surface area contributed by atoms with Crippen LogP contribution < -0.4 is 5.32 Å². The van der Waals surface area contributed by atoms with Crippen molar-refractivity contribution in [3.63, 3.8) is 0 Å². The third-order valence-corrected chi connectivity index (χ3v) is 2.17. The van der Waals surface area contributed by atoms with E-state index < -0.39 is 0 Å². The van der Waals surface area contributed by atoms with E-state index in [2.05, 4.69) is 31.0 Å². The molecule has 0 rings (SSSR count). The van der Waals surface area contributed by atoms with Gasteiger partial charge in [0.1, 0.15) is 0 Å². The van der Waals surface area contributed by atoms with Crippen LogP contribution in [-0.2, 0) is 0 Å². The van der Waals surface area contributed by atoms with Crippen LogP contribution >= 0.6 is 12.2 Å². The molecule has 0 saturated heterocycles. The fraction of sp³-hybridized carbons (Fsp3) is 0.889. The van der Waals surface area contributed by atoms with E-state index in [9.17, 15) is 0 Å². The molecule has 0 unspecified atom stereocenters. The van der Waals surface area contributed by atoms with Gasteiger partial charge < -0.3 is 10.2 Å². The maximum Gasteiger partial charge on any atom is 0.168 e. The van der Waals surface area contributed by atoms with Gasteiger partial charge in [-0.3, -0.25) is 0 Å². The smallest absolute Gasteiger partial charge is 0.168 e. The average molecular weight is 188 g/mol. The van der Waals surface area contributed by atoms with Gasteiger partial charge in [-0.1, -0.05) is 13.8 Å². The van der Waals surface area contributed by atoms with Crippen LogP contribution in [0.1, 0.15) is 27.2 Å². The highest BCUT2D eigenvalue weighted by atomic mass is 32.1. The zero-order chi connectivity index (χ0) is 9.56. The molecule has 0 aromatic heterocycles. The van der Waals surface area contributed by atoms with Gasteiger partial charge in [-0.25, -0.2) is 0 Å². The monoisotopic (exact) mass is 188 g/mol. The minimum absolute atomic E-state index is 0.747. The third kappa shape index (κ3) is 5.35. The second kappa shape index (κ2) is 6.23. The van der Waals surface area contributed by atoms with Crippen LogP contribution in [0.3, 0.4) is 0 Å². The molecule has 0 aliphatic carbocycles. The number of rotatable bonds is 4. The first-order chi connectivity index (χ1) is 5.57. The summed E-state index contributed by atoms with van der Waals surface area (Å²) in [5.41, 5.74) is 0. The Morgan fingerprint density at radius 3 is 2.50 bits per heavy atom. The predicted octanol–water partition coefficient (Wildman–Crippen LogP) is 1.86. The normalized spacial score (nSPS) is 10.1. The van der Waals surface area contributed by atoms with Gasteiger partial charge in [0, 0.05) is 20.1 Å². The summed E-state index contributed by atoms with van der Waals surface area (Å²) >= 11 is 5.14. The van der Waals surface area contributed by atoms with E-state index in [1.165, 1.54) is 6.42 Å². The van der Waals surface area contributed by atoms with Gasteiger partial charge in [0.15, 0.2) is 5.11 Å². The topological polar surface area (TPSA) is 15.3 Å². The van der Waals surface area contributed by atoms with Crippen molar-refractivity contribution in [3.05, 3.63) is 0 Å². The average Bonchev–Trinajstić information content (AvgIpc) is 2.00. The first-order valence-corrected chi connectivity index (χ1v) is 4.97. The summed E-state index contributed by atoms with van der Waals surface area (Å²) < 4.78 is 0. The van der Waals surface area contributed by atoms with E-state index in [1.807, 2.05) is 7.05 Å². The zero-order valence-corrected chi connectivity index (χ0v) is 9.37. The molecular weight excluding hydrogens is 168 g/mol. The fourth-order valence-electron chi connectivity index (χ4n) is 0.840. The van der Waals surface area contributed by atoms with Gasteiger partial charge in [0.25, 0.3) is 0 Å². The van der Waals surface area contributed by atoms with Crippen molar-refractivity contribution >= 4 is 17.3 Å². The second-order valence-corrected chi connectivity index (χ2v) is 3.83. The van der Waals surface area contributed by atoms with Crippen molar-refractivity contribution in [2.24, 2.45) is 5.92 Å². The van der Waals surface area contributed by atoms with Crippen molar-refractivity contribution in [2.75, 3.05) is 20.1 Å². The summed E-state index contributed by atoms with van der Waals surface area (Å²) in [6.45, 7) is 8.46. The number of hydrogen-bond acceptors (Lipinski definition) is 1. The van der Waals surface area contributed by atoms with E-state index in [-0.39, 0.29) is 0 Å². The molecule has 0 spiro atoms. The highest BCUT2D eigenvalue weighted by molar-refractivity contribution is 7.80. The summed E-state index contributed by atoms with van der Waals surface area (Å²) in [7, 11) is 2.04. The number of thiocarbonyl (C=S) groups is 1. The molecule has 0 radical (unpaired) electrons. The molecule has 1 N–H and O–H groups in total. The Balaban J connectivity index is 3.56. The molecule has 12 heavy (non-hydrogen) atoms. The maximum atomic E-state index is 5.14. The summed E-state index contributed by atoms with van der Waals surface area (Å²) in [5.74, 6) is 0.747. The maximum absolute atomic E-state index is 5.14. The Morgan fingerprint density at radius 2 is 2.08 bits per heavy atom. The Hall–Kier alpha value is -0.310. The molecule has 0 aliphatic heterocycles. The Morgan fingerprint density at radius 1 is 1.50 bits per heavy atom. The fourth-order valence-corrected chi connectivity index (χ4v) is 1.08. The van der Waals surface area contributed by atoms with Crippen LogP contribution in [0.5, 0.6) is 0 Å². The molecule has 0 aromatic carbocycles. The van der Waals surface area contributed by atoms with Gasteiger partial charge in [0.05, 0.1) is 0 Å². The van der Waals surface area contributed by atoms with E-state index in [0.29, 0.717) is 0 Å². The Labute approximate surface area is 81.3 Å². The van der Waals surface area contributed by atoms with Crippen LogP contribution in [-0.4, -0.2) is 30.1 Å². The van der Waals surface area contributed by atoms with E-state index >= 15 is 0 Å². The minimum atomic E-state index is 0.747. The van der Waals surface area contributed by atoms with Crippen molar-refractivity contribution in [3.8, 4) is 0 Å². The van der Waals surface area contributed by atoms with Crippen molar-refractivity contribution in [1.29, 1.82) is 0 Å². The molecule has 0 fully saturated rings. The van der Waals surface area contributed by atoms with Crippen molar-refractivity contribution in [2.45, 2.75) is 27.2 Å². The van der Waals surface area contributed by atoms with Crippen LogP contribution in [0.4, 0.5) is 0 Å². The van der Waals surface area contributed by atoms with Crippen LogP contribution in [0, 0.1) is 5.92 Å². The molecule has 3 heteroatoms. The van der Waals surface area contributed by atoms with Crippen LogP contribution in [0.15, 0.2) is 0 Å². The first kappa shape index (κ1) is 11.7. The van der Waals surface area contributed by atoms with Crippen molar-refractivity contribution in [1.82, 2.24) is 10.2 Å². The zero-order valence-electron chi connectivity index (χ0n) is 8.55. The first-order valence-electron chi connectivity index (χ1n) is 4.56. The summed E-state index contributed by atoms with van der Waals surface area (Å²) in [6.07, 6.45) is 1.20. The quantitative estimate of drug-likeness (QED) is 0.678. The van der Waals surface area contributed by atoms with E-state index in [0.717, 1.165) is 24.1 Å². The molecule has 0 amide bonds. The van der Waals surface area contributed by atoms with Gasteiger partial charge in [-0.2, -0.15) is 0 Å². The van der Waals surface area contributed by atoms with Crippen LogP contribution in [0.25, 0.3) is 0 Å². The molecule has 0 bridgehead atoms. The molecule has 0 saturated carbocycles. The number of hydrogen-bond donors (Lipinski definition) is 1. The van der Waals surface area contributed by atoms with Gasteiger partial charge in [0.2, 0.25) is 0 Å². The highest BCUT2D eigenvalue weighted by Crippen LogP contribution is 2.00. The lowest BCUT2D eigenvalue weighted by molar-refractivity contribution is 0.432. The highest BCUT2D eigenvalue weighted by Gasteiger charge is 2.02. The lowest BCUT2D eigenvalue weighted by Gasteiger charge is -2.21. The van der Waals surface area contributed by atoms with E-state index in [1.54, 1.807) is 0 Å². The molecule has 72 valence electrons. The van der Waals surface area contributed by atoms with E-state index in [4.69, 9.17) is 12.2 Å². The molecule has 0 aliphatic rings. The lowest BCUT2D eigenvalue weighted by Crippen LogP contribution is -2.37. The molecule has 0 atom stereocenters. The summed E-state index contributed by atoms with van der Waals surface area (Å²) in [5, 5.41) is 3.99. The molecule has 0 aromatic rings. The van der Waals surface area contributed by atoms with Crippen LogP contribution in [0.2, 0.25) is 0 Å². The Bertz CT molecular complexity index is 134. The van der Waals surface area contributed by atoms with Gasteiger partial charge in [-0.05, 0) is 31.5 Å². The molecule has 0 heterocycles. The minimum Gasteiger partial charge on any atom is -0.363 e. The summed E-state index contributed by atoms with van der Waals surface area (Å²) in [6, 6.07) is 0. The molecule has 2 nitrogen and oxygen atoms in total. The summed E-state index contributed by atoms with van der Waals surface area (Å²) in [4.78, 5) is 2.10. The predicted molar refractivity (Wildman–Crippen MR) is 58.4 cm³/mol. The third-order valence-electron chi connectivity index (χ3n) is 1.72. The van der Waals surface area contributed by atoms with Gasteiger partial charge >= 0.3 is 0 Å². The number of nitrogens with one attached hydrogen (secondary N) is 1. The largest absolute Gasteiger partial charge is 0.363 e. The van der Waals surface area contributed by atoms with Gasteiger partial charge in [-0.15, -0.1) is 0 Å². The standard InChI is InChI=1S/C9H20N2S/c1-5-10-9(12)11(4)7-6-8(2)3/h8H,5-7H2,1-4H3,(H,10,12).